The van der Waals surface area contributed by atoms with Crippen LogP contribution in [0.5, 0.6) is 0 Å². The molecular formula is C11H15N5. The molecule has 0 aromatic carbocycles. The number of hydrogen-bond acceptors (Lipinski definition) is 4. The molecule has 0 aliphatic heterocycles. The Morgan fingerprint density at radius 2 is 2.06 bits per heavy atom. The molecule has 1 unspecified atom stereocenters. The molecule has 0 fully saturated rings. The molecule has 0 amide bonds. The summed E-state index contributed by atoms with van der Waals surface area (Å²) in [6, 6.07) is 6.00. The fourth-order valence-corrected chi connectivity index (χ4v) is 1.73. The highest BCUT2D eigenvalue weighted by atomic mass is 15.3. The van der Waals surface area contributed by atoms with Gasteiger partial charge >= 0.3 is 0 Å². The first kappa shape index (κ1) is 10.8. The smallest absolute Gasteiger partial charge is 0.0669 e. The van der Waals surface area contributed by atoms with Crippen LogP contribution in [0.15, 0.2) is 36.8 Å². The van der Waals surface area contributed by atoms with Gasteiger partial charge in [0.15, 0.2) is 0 Å². The van der Waals surface area contributed by atoms with Crippen LogP contribution in [0.2, 0.25) is 0 Å². The van der Waals surface area contributed by atoms with Crippen LogP contribution < -0.4 is 11.3 Å². The largest absolute Gasteiger partial charge is 0.271 e. The summed E-state index contributed by atoms with van der Waals surface area (Å²) < 4.78 is 1.83. The van der Waals surface area contributed by atoms with E-state index in [4.69, 9.17) is 5.84 Å². The molecule has 84 valence electrons. The van der Waals surface area contributed by atoms with Crippen molar-refractivity contribution in [3.05, 3.63) is 48.0 Å². The average Bonchev–Trinajstić information content (AvgIpc) is 2.74. The number of hydrazine groups is 1. The van der Waals surface area contributed by atoms with Gasteiger partial charge < -0.3 is 0 Å². The summed E-state index contributed by atoms with van der Waals surface area (Å²) in [7, 11) is 1.91. The Kier molecular flexibility index (Phi) is 3.28. The van der Waals surface area contributed by atoms with Gasteiger partial charge in [0.25, 0.3) is 0 Å². The lowest BCUT2D eigenvalue weighted by Gasteiger charge is -2.16. The summed E-state index contributed by atoms with van der Waals surface area (Å²) in [6.07, 6.45) is 6.16. The molecule has 0 aliphatic rings. The Morgan fingerprint density at radius 3 is 2.62 bits per heavy atom. The van der Waals surface area contributed by atoms with E-state index in [1.165, 1.54) is 5.56 Å². The maximum atomic E-state index is 5.57. The summed E-state index contributed by atoms with van der Waals surface area (Å²) in [6.45, 7) is 0. The second-order valence-corrected chi connectivity index (χ2v) is 3.66. The minimum atomic E-state index is 0.0647. The highest BCUT2D eigenvalue weighted by Gasteiger charge is 2.13. The Labute approximate surface area is 94.3 Å². The molecule has 5 nitrogen and oxygen atoms in total. The average molecular weight is 217 g/mol. The summed E-state index contributed by atoms with van der Waals surface area (Å²) >= 11 is 0. The molecule has 16 heavy (non-hydrogen) atoms. The number of aromatic nitrogens is 3. The molecule has 0 saturated carbocycles. The van der Waals surface area contributed by atoms with Gasteiger partial charge in [-0.2, -0.15) is 5.10 Å². The van der Waals surface area contributed by atoms with Gasteiger partial charge in [0.2, 0.25) is 0 Å². The Balaban J connectivity index is 2.16. The SMILES string of the molecule is Cn1nccc1C(Cc1ccncc1)NN. The second-order valence-electron chi connectivity index (χ2n) is 3.66. The lowest BCUT2D eigenvalue weighted by atomic mass is 10.1. The zero-order chi connectivity index (χ0) is 11.4. The highest BCUT2D eigenvalue weighted by Crippen LogP contribution is 2.16. The fraction of sp³-hybridized carbons (Fsp3) is 0.273. The molecule has 0 bridgehead atoms. The highest BCUT2D eigenvalue weighted by molar-refractivity contribution is 5.16. The van der Waals surface area contributed by atoms with Crippen molar-refractivity contribution in [3.63, 3.8) is 0 Å². The normalized spacial score (nSPS) is 12.6. The summed E-state index contributed by atoms with van der Waals surface area (Å²) in [5, 5.41) is 4.14. The molecule has 0 radical (unpaired) electrons. The van der Waals surface area contributed by atoms with Crippen molar-refractivity contribution < 1.29 is 0 Å². The van der Waals surface area contributed by atoms with E-state index < -0.39 is 0 Å². The van der Waals surface area contributed by atoms with Crippen molar-refractivity contribution in [2.24, 2.45) is 12.9 Å². The Bertz CT molecular complexity index is 437. The lowest BCUT2D eigenvalue weighted by molar-refractivity contribution is 0.508. The van der Waals surface area contributed by atoms with E-state index in [1.54, 1.807) is 18.6 Å². The number of nitrogens with zero attached hydrogens (tertiary/aromatic N) is 3. The van der Waals surface area contributed by atoms with E-state index in [-0.39, 0.29) is 6.04 Å². The summed E-state index contributed by atoms with van der Waals surface area (Å²) in [5.74, 6) is 5.57. The molecular weight excluding hydrogens is 202 g/mol. The van der Waals surface area contributed by atoms with Crippen LogP contribution in [0.25, 0.3) is 0 Å². The van der Waals surface area contributed by atoms with Crippen LogP contribution in [0.3, 0.4) is 0 Å². The van der Waals surface area contributed by atoms with Crippen LogP contribution in [-0.2, 0) is 13.5 Å². The second kappa shape index (κ2) is 4.87. The number of nitrogens with one attached hydrogen (secondary N) is 1. The number of nitrogens with two attached hydrogens (primary N) is 1. The quantitative estimate of drug-likeness (QED) is 0.580. The van der Waals surface area contributed by atoms with Crippen LogP contribution in [-0.4, -0.2) is 14.8 Å². The third-order valence-electron chi connectivity index (χ3n) is 2.61. The van der Waals surface area contributed by atoms with E-state index in [9.17, 15) is 0 Å². The van der Waals surface area contributed by atoms with Crippen LogP contribution in [0, 0.1) is 0 Å². The maximum absolute atomic E-state index is 5.57. The van der Waals surface area contributed by atoms with Gasteiger partial charge in [-0.25, -0.2) is 0 Å². The number of aryl methyl sites for hydroxylation is 1. The molecule has 0 spiro atoms. The standard InChI is InChI=1S/C11H15N5/c1-16-11(4-7-14-16)10(15-12)8-9-2-5-13-6-3-9/h2-7,10,15H,8,12H2,1H3. The van der Waals surface area contributed by atoms with Crippen molar-refractivity contribution in [2.45, 2.75) is 12.5 Å². The monoisotopic (exact) mass is 217 g/mol. The van der Waals surface area contributed by atoms with Gasteiger partial charge in [-0.1, -0.05) is 0 Å². The Morgan fingerprint density at radius 1 is 1.31 bits per heavy atom. The molecule has 2 aromatic heterocycles. The first-order valence-corrected chi connectivity index (χ1v) is 5.14. The molecule has 2 aromatic rings. The molecule has 5 heteroatoms. The van der Waals surface area contributed by atoms with Gasteiger partial charge in [-0.3, -0.25) is 20.9 Å². The topological polar surface area (TPSA) is 68.8 Å². The van der Waals surface area contributed by atoms with Crippen LogP contribution in [0.4, 0.5) is 0 Å². The maximum Gasteiger partial charge on any atom is 0.0669 e. The van der Waals surface area contributed by atoms with E-state index in [0.717, 1.165) is 12.1 Å². The van der Waals surface area contributed by atoms with Crippen molar-refractivity contribution in [2.75, 3.05) is 0 Å². The third-order valence-corrected chi connectivity index (χ3v) is 2.61. The number of rotatable bonds is 4. The summed E-state index contributed by atoms with van der Waals surface area (Å²) in [5.41, 5.74) is 5.07. The zero-order valence-electron chi connectivity index (χ0n) is 9.17. The van der Waals surface area contributed by atoms with Gasteiger partial charge in [0.05, 0.1) is 11.7 Å². The predicted molar refractivity (Wildman–Crippen MR) is 61.2 cm³/mol. The molecule has 1 atom stereocenters. The summed E-state index contributed by atoms with van der Waals surface area (Å²) in [4.78, 5) is 3.99. The third kappa shape index (κ3) is 2.26. The van der Waals surface area contributed by atoms with Gasteiger partial charge in [0.1, 0.15) is 0 Å². The zero-order valence-corrected chi connectivity index (χ0v) is 9.17. The van der Waals surface area contributed by atoms with E-state index in [0.29, 0.717) is 0 Å². The van der Waals surface area contributed by atoms with Crippen molar-refractivity contribution in [1.29, 1.82) is 0 Å². The predicted octanol–water partition coefficient (Wildman–Crippen LogP) is 0.562. The molecule has 2 heterocycles. The lowest BCUT2D eigenvalue weighted by Crippen LogP contribution is -2.31. The van der Waals surface area contributed by atoms with Gasteiger partial charge in [-0.15, -0.1) is 0 Å². The van der Waals surface area contributed by atoms with Crippen LogP contribution >= 0.6 is 0 Å². The first-order chi connectivity index (χ1) is 7.81. The molecule has 3 N–H and O–H groups in total. The van der Waals surface area contributed by atoms with E-state index in [2.05, 4.69) is 15.5 Å². The van der Waals surface area contributed by atoms with E-state index >= 15 is 0 Å². The minimum Gasteiger partial charge on any atom is -0.271 e. The Hall–Kier alpha value is -1.72. The number of hydrogen-bond donors (Lipinski definition) is 2. The van der Waals surface area contributed by atoms with Crippen molar-refractivity contribution >= 4 is 0 Å². The van der Waals surface area contributed by atoms with Gasteiger partial charge in [-0.05, 0) is 30.2 Å². The van der Waals surface area contributed by atoms with Crippen molar-refractivity contribution in [1.82, 2.24) is 20.2 Å². The van der Waals surface area contributed by atoms with E-state index in [1.807, 2.05) is 29.9 Å². The molecule has 0 saturated heterocycles. The van der Waals surface area contributed by atoms with Crippen molar-refractivity contribution in [3.8, 4) is 0 Å². The molecule has 0 aliphatic carbocycles. The van der Waals surface area contributed by atoms with Gasteiger partial charge in [0, 0.05) is 25.6 Å². The molecule has 2 rings (SSSR count). The first-order valence-electron chi connectivity index (χ1n) is 5.14. The minimum absolute atomic E-state index is 0.0647. The number of pyridine rings is 1. The van der Waals surface area contributed by atoms with Crippen LogP contribution in [0.1, 0.15) is 17.3 Å². The fourth-order valence-electron chi connectivity index (χ4n) is 1.73.